The number of hydrogen-bond acceptors (Lipinski definition) is 6. The minimum atomic E-state index is -3.91. The number of thiophene rings is 1. The van der Waals surface area contributed by atoms with Gasteiger partial charge in [-0.25, -0.2) is 12.8 Å². The van der Waals surface area contributed by atoms with E-state index in [4.69, 9.17) is 11.0 Å². The van der Waals surface area contributed by atoms with Gasteiger partial charge in [0.15, 0.2) is 0 Å². The average molecular weight is 410 g/mol. The van der Waals surface area contributed by atoms with E-state index < -0.39 is 27.7 Å². The Morgan fingerprint density at radius 2 is 2.11 bits per heavy atom. The Kier molecular flexibility index (Phi) is 5.14. The number of sulfonamides is 1. The first kappa shape index (κ1) is 19.2. The molecule has 11 heteroatoms. The molecule has 0 unspecified atom stereocenters. The summed E-state index contributed by atoms with van der Waals surface area (Å²) >= 11 is 0.666. The number of nitriles is 1. The summed E-state index contributed by atoms with van der Waals surface area (Å²) in [5, 5.41) is 11.1. The molecular weight excluding hydrogens is 395 g/mol. The average Bonchev–Trinajstić information content (AvgIpc) is 2.99. The molecule has 0 bridgehead atoms. The van der Waals surface area contributed by atoms with E-state index in [9.17, 15) is 22.4 Å². The molecule has 1 aliphatic heterocycles. The van der Waals surface area contributed by atoms with Crippen LogP contribution >= 0.6 is 11.3 Å². The minimum absolute atomic E-state index is 0.0571. The standard InChI is InChI=1S/C16H15FN4O4S2/c17-12-4-2-1-3-10(12)15(23)20-16-11(14(19)22)5-13(26-16)27(24,25)21-7-9(6-18)8-21/h2,4-5,9H,1,3,7-8H2,(H2,19,22)(H,20,23). The third kappa shape index (κ3) is 3.64. The van der Waals surface area contributed by atoms with Crippen LogP contribution in [0.1, 0.15) is 23.2 Å². The Morgan fingerprint density at radius 3 is 2.70 bits per heavy atom. The van der Waals surface area contributed by atoms with Crippen molar-refractivity contribution in [2.24, 2.45) is 11.7 Å². The number of hydrogen-bond donors (Lipinski definition) is 2. The van der Waals surface area contributed by atoms with Gasteiger partial charge in [-0.2, -0.15) is 9.57 Å². The van der Waals surface area contributed by atoms with Gasteiger partial charge in [-0.05, 0) is 25.0 Å². The monoisotopic (exact) mass is 410 g/mol. The van der Waals surface area contributed by atoms with Gasteiger partial charge in [-0.1, -0.05) is 6.08 Å². The van der Waals surface area contributed by atoms with Crippen molar-refractivity contribution in [1.29, 1.82) is 5.26 Å². The van der Waals surface area contributed by atoms with Crippen LogP contribution in [-0.2, 0) is 14.8 Å². The van der Waals surface area contributed by atoms with Crippen molar-refractivity contribution < 1.29 is 22.4 Å². The quantitative estimate of drug-likeness (QED) is 0.759. The highest BCUT2D eigenvalue weighted by Gasteiger charge is 2.38. The molecule has 3 rings (SSSR count). The van der Waals surface area contributed by atoms with Crippen LogP contribution < -0.4 is 11.1 Å². The summed E-state index contributed by atoms with van der Waals surface area (Å²) < 4.78 is 39.9. The maximum Gasteiger partial charge on any atom is 0.255 e. The van der Waals surface area contributed by atoms with Crippen LogP contribution in [0.15, 0.2) is 33.8 Å². The van der Waals surface area contributed by atoms with Crippen molar-refractivity contribution in [2.45, 2.75) is 17.1 Å². The molecular formula is C16H15FN4O4S2. The Labute approximate surface area is 158 Å². The second-order valence-corrected chi connectivity index (χ2v) is 9.26. The first-order chi connectivity index (χ1) is 12.7. The van der Waals surface area contributed by atoms with E-state index in [0.717, 1.165) is 10.4 Å². The SMILES string of the molecule is N#CC1CN(S(=O)(=O)c2cc(C(N)=O)c(NC(=O)C3=C(F)C=CCC3)s2)C1. The van der Waals surface area contributed by atoms with E-state index in [-0.39, 0.29) is 45.8 Å². The Balaban J connectivity index is 1.88. The summed E-state index contributed by atoms with van der Waals surface area (Å²) in [6.07, 6.45) is 3.48. The summed E-state index contributed by atoms with van der Waals surface area (Å²) in [5.41, 5.74) is 5.04. The fraction of sp³-hybridized carbons (Fsp3) is 0.312. The molecule has 1 saturated heterocycles. The molecule has 1 aromatic rings. The lowest BCUT2D eigenvalue weighted by Gasteiger charge is -2.33. The Hall–Kier alpha value is -2.55. The van der Waals surface area contributed by atoms with Gasteiger partial charge in [-0.15, -0.1) is 11.3 Å². The van der Waals surface area contributed by atoms with Crippen molar-refractivity contribution in [1.82, 2.24) is 4.31 Å². The number of rotatable bonds is 5. The second kappa shape index (κ2) is 7.22. The number of nitrogens with two attached hydrogens (primary N) is 1. The van der Waals surface area contributed by atoms with Crippen LogP contribution in [0.4, 0.5) is 9.39 Å². The second-order valence-electron chi connectivity index (χ2n) is 6.04. The summed E-state index contributed by atoms with van der Waals surface area (Å²) in [7, 11) is -3.91. The molecule has 2 aliphatic rings. The highest BCUT2D eigenvalue weighted by Crippen LogP contribution is 2.36. The Bertz CT molecular complexity index is 1010. The third-order valence-corrected chi connectivity index (χ3v) is 7.55. The van der Waals surface area contributed by atoms with Crippen molar-refractivity contribution in [3.8, 4) is 6.07 Å². The van der Waals surface area contributed by atoms with Gasteiger partial charge < -0.3 is 11.1 Å². The summed E-state index contributed by atoms with van der Waals surface area (Å²) in [5.74, 6) is -2.71. The Morgan fingerprint density at radius 1 is 1.41 bits per heavy atom. The van der Waals surface area contributed by atoms with Crippen molar-refractivity contribution in [3.05, 3.63) is 35.2 Å². The zero-order valence-corrected chi connectivity index (χ0v) is 15.6. The lowest BCUT2D eigenvalue weighted by Crippen LogP contribution is -2.48. The maximum absolute atomic E-state index is 13.8. The number of nitrogens with one attached hydrogen (secondary N) is 1. The van der Waals surface area contributed by atoms with Crippen LogP contribution in [0.2, 0.25) is 0 Å². The fourth-order valence-electron chi connectivity index (χ4n) is 2.65. The highest BCUT2D eigenvalue weighted by molar-refractivity contribution is 7.91. The molecule has 1 fully saturated rings. The predicted molar refractivity (Wildman–Crippen MR) is 95.8 cm³/mol. The third-order valence-electron chi connectivity index (χ3n) is 4.21. The van der Waals surface area contributed by atoms with Crippen LogP contribution in [0.25, 0.3) is 0 Å². The normalized spacial score (nSPS) is 18.1. The molecule has 142 valence electrons. The van der Waals surface area contributed by atoms with Crippen molar-refractivity contribution in [2.75, 3.05) is 18.4 Å². The van der Waals surface area contributed by atoms with E-state index in [1.165, 1.54) is 6.08 Å². The zero-order chi connectivity index (χ0) is 19.8. The van der Waals surface area contributed by atoms with Gasteiger partial charge in [-0.3, -0.25) is 9.59 Å². The molecule has 8 nitrogen and oxygen atoms in total. The molecule has 0 radical (unpaired) electrons. The first-order valence-electron chi connectivity index (χ1n) is 7.94. The van der Waals surface area contributed by atoms with E-state index in [1.54, 1.807) is 6.08 Å². The van der Waals surface area contributed by atoms with Gasteiger partial charge >= 0.3 is 0 Å². The number of nitrogens with zero attached hydrogens (tertiary/aromatic N) is 2. The predicted octanol–water partition coefficient (Wildman–Crippen LogP) is 1.50. The minimum Gasteiger partial charge on any atom is -0.366 e. The summed E-state index contributed by atoms with van der Waals surface area (Å²) in [4.78, 5) is 24.0. The van der Waals surface area contributed by atoms with E-state index in [1.807, 2.05) is 6.07 Å². The van der Waals surface area contributed by atoms with Crippen molar-refractivity contribution >= 4 is 38.2 Å². The number of allylic oxidation sites excluding steroid dienone is 3. The summed E-state index contributed by atoms with van der Waals surface area (Å²) in [6, 6.07) is 3.06. The van der Waals surface area contributed by atoms with Crippen LogP contribution in [-0.4, -0.2) is 37.6 Å². The molecule has 3 N–H and O–H groups in total. The van der Waals surface area contributed by atoms with Gasteiger partial charge in [0, 0.05) is 13.1 Å². The molecule has 2 heterocycles. The molecule has 27 heavy (non-hydrogen) atoms. The van der Waals surface area contributed by atoms with E-state index in [2.05, 4.69) is 5.32 Å². The molecule has 1 aliphatic carbocycles. The molecule has 0 saturated carbocycles. The lowest BCUT2D eigenvalue weighted by atomic mass is 10.0. The van der Waals surface area contributed by atoms with Gasteiger partial charge in [0.1, 0.15) is 15.0 Å². The number of carbonyl (C=O) groups is 2. The highest BCUT2D eigenvalue weighted by atomic mass is 32.2. The first-order valence-corrected chi connectivity index (χ1v) is 10.2. The number of amides is 2. The topological polar surface area (TPSA) is 133 Å². The molecule has 0 spiro atoms. The van der Waals surface area contributed by atoms with Crippen LogP contribution in [0, 0.1) is 17.2 Å². The largest absolute Gasteiger partial charge is 0.366 e. The lowest BCUT2D eigenvalue weighted by molar-refractivity contribution is -0.113. The number of halogens is 1. The number of primary amides is 1. The van der Waals surface area contributed by atoms with Gasteiger partial charge in [0.05, 0.1) is 23.1 Å². The number of anilines is 1. The molecule has 2 amide bonds. The zero-order valence-electron chi connectivity index (χ0n) is 13.9. The van der Waals surface area contributed by atoms with Crippen LogP contribution in [0.5, 0.6) is 0 Å². The molecule has 0 aromatic carbocycles. The van der Waals surface area contributed by atoms with E-state index in [0.29, 0.717) is 17.8 Å². The van der Waals surface area contributed by atoms with E-state index >= 15 is 0 Å². The molecule has 1 aromatic heterocycles. The van der Waals surface area contributed by atoms with Gasteiger partial charge in [0.2, 0.25) is 0 Å². The van der Waals surface area contributed by atoms with Gasteiger partial charge in [0.25, 0.3) is 21.8 Å². The summed E-state index contributed by atoms with van der Waals surface area (Å²) in [6.45, 7) is 0.128. The maximum atomic E-state index is 13.8. The fourth-order valence-corrected chi connectivity index (χ4v) is 5.70. The van der Waals surface area contributed by atoms with Crippen molar-refractivity contribution in [3.63, 3.8) is 0 Å². The smallest absolute Gasteiger partial charge is 0.255 e. The number of carbonyl (C=O) groups excluding carboxylic acids is 2. The molecule has 0 atom stereocenters. The van der Waals surface area contributed by atoms with Crippen LogP contribution in [0.3, 0.4) is 0 Å².